The molecular weight excluding hydrogens is 356 g/mol. The van der Waals surface area contributed by atoms with Crippen LogP contribution in [0.4, 0.5) is 0 Å². The third-order valence-electron chi connectivity index (χ3n) is 8.92. The topological polar surface area (TPSA) is 23.6 Å². The van der Waals surface area contributed by atoms with Gasteiger partial charge in [-0.2, -0.15) is 0 Å². The van der Waals surface area contributed by atoms with Crippen LogP contribution in [0.2, 0.25) is 0 Å². The molecule has 1 saturated heterocycles. The average molecular weight is 395 g/mol. The SMILES string of the molecule is CN1Cc2ccccc2C2(CCN(C3CCC(C4CCCCC4)CC3)CC2)C1=O. The monoisotopic (exact) mass is 394 g/mol. The zero-order chi connectivity index (χ0) is 19.8. The Balaban J connectivity index is 1.23. The van der Waals surface area contributed by atoms with E-state index in [0.717, 1.165) is 50.4 Å². The Kier molecular flexibility index (Phi) is 5.45. The first-order valence-corrected chi connectivity index (χ1v) is 12.3. The van der Waals surface area contributed by atoms with Crippen LogP contribution in [-0.2, 0) is 16.8 Å². The van der Waals surface area contributed by atoms with Crippen LogP contribution in [0.15, 0.2) is 24.3 Å². The quantitative estimate of drug-likeness (QED) is 0.694. The third-order valence-corrected chi connectivity index (χ3v) is 8.92. The zero-order valence-electron chi connectivity index (χ0n) is 18.2. The van der Waals surface area contributed by atoms with Gasteiger partial charge in [0.2, 0.25) is 5.91 Å². The number of fused-ring (bicyclic) bond motifs is 2. The largest absolute Gasteiger partial charge is 0.341 e. The van der Waals surface area contributed by atoms with Gasteiger partial charge in [-0.15, -0.1) is 0 Å². The van der Waals surface area contributed by atoms with E-state index in [1.807, 2.05) is 11.9 Å². The van der Waals surface area contributed by atoms with E-state index in [4.69, 9.17) is 0 Å². The van der Waals surface area contributed by atoms with Gasteiger partial charge in [-0.25, -0.2) is 0 Å². The van der Waals surface area contributed by atoms with Gasteiger partial charge in [0, 0.05) is 19.6 Å². The maximum Gasteiger partial charge on any atom is 0.233 e. The van der Waals surface area contributed by atoms with Crippen molar-refractivity contribution in [3.63, 3.8) is 0 Å². The van der Waals surface area contributed by atoms with Crippen molar-refractivity contribution in [2.45, 2.75) is 88.6 Å². The summed E-state index contributed by atoms with van der Waals surface area (Å²) in [4.78, 5) is 18.0. The Labute approximate surface area is 176 Å². The number of rotatable bonds is 2. The lowest BCUT2D eigenvalue weighted by atomic mass is 9.67. The molecular formula is C26H38N2O. The number of likely N-dealkylation sites (tertiary alicyclic amines) is 1. The fourth-order valence-corrected chi connectivity index (χ4v) is 7.23. The normalized spacial score (nSPS) is 31.1. The highest BCUT2D eigenvalue weighted by molar-refractivity contribution is 5.90. The van der Waals surface area contributed by atoms with Crippen LogP contribution in [0, 0.1) is 11.8 Å². The van der Waals surface area contributed by atoms with Crippen molar-refractivity contribution >= 4 is 5.91 Å². The highest BCUT2D eigenvalue weighted by atomic mass is 16.2. The second-order valence-electron chi connectivity index (χ2n) is 10.4. The minimum absolute atomic E-state index is 0.264. The van der Waals surface area contributed by atoms with E-state index in [1.54, 1.807) is 0 Å². The van der Waals surface area contributed by atoms with Crippen LogP contribution >= 0.6 is 0 Å². The number of carbonyl (C=O) groups excluding carboxylic acids is 1. The average Bonchev–Trinajstić information content (AvgIpc) is 2.79. The molecule has 3 nitrogen and oxygen atoms in total. The van der Waals surface area contributed by atoms with Gasteiger partial charge in [-0.3, -0.25) is 4.79 Å². The van der Waals surface area contributed by atoms with Crippen molar-refractivity contribution in [3.05, 3.63) is 35.4 Å². The number of amides is 1. The van der Waals surface area contributed by atoms with Crippen LogP contribution in [0.5, 0.6) is 0 Å². The lowest BCUT2D eigenvalue weighted by Crippen LogP contribution is -2.56. The maximum absolute atomic E-state index is 13.3. The Bertz CT molecular complexity index is 722. The molecule has 2 aliphatic heterocycles. The lowest BCUT2D eigenvalue weighted by molar-refractivity contribution is -0.140. The number of piperidine rings is 1. The van der Waals surface area contributed by atoms with Gasteiger partial charge < -0.3 is 9.80 Å². The van der Waals surface area contributed by atoms with E-state index >= 15 is 0 Å². The van der Waals surface area contributed by atoms with Crippen molar-refractivity contribution in [1.82, 2.24) is 9.80 Å². The molecule has 0 atom stereocenters. The third kappa shape index (κ3) is 3.54. The molecule has 1 aromatic rings. The maximum atomic E-state index is 13.3. The van der Waals surface area contributed by atoms with E-state index in [9.17, 15) is 4.79 Å². The second-order valence-corrected chi connectivity index (χ2v) is 10.4. The summed E-state index contributed by atoms with van der Waals surface area (Å²) in [5, 5.41) is 0. The molecule has 4 aliphatic rings. The molecule has 0 unspecified atom stereocenters. The van der Waals surface area contributed by atoms with Crippen LogP contribution in [-0.4, -0.2) is 41.9 Å². The fraction of sp³-hybridized carbons (Fsp3) is 0.731. The molecule has 0 aromatic heterocycles. The smallest absolute Gasteiger partial charge is 0.233 e. The molecule has 0 N–H and O–H groups in total. The van der Waals surface area contributed by atoms with E-state index in [2.05, 4.69) is 29.2 Å². The summed E-state index contributed by atoms with van der Waals surface area (Å²) in [5.74, 6) is 2.39. The first kappa shape index (κ1) is 19.6. The van der Waals surface area contributed by atoms with Gasteiger partial charge in [0.1, 0.15) is 0 Å². The summed E-state index contributed by atoms with van der Waals surface area (Å²) in [6.45, 7) is 2.95. The number of carbonyl (C=O) groups is 1. The Morgan fingerprint density at radius 3 is 2.24 bits per heavy atom. The van der Waals surface area contributed by atoms with Gasteiger partial charge in [-0.1, -0.05) is 56.4 Å². The standard InChI is InChI=1S/C26H38N2O/c1-27-19-22-9-5-6-10-24(22)26(25(27)29)15-17-28(18-16-26)23-13-11-21(12-14-23)20-7-3-2-4-8-20/h5-6,9-10,20-21,23H,2-4,7-8,11-19H2,1H3. The predicted octanol–water partition coefficient (Wildman–Crippen LogP) is 5.13. The van der Waals surface area contributed by atoms with E-state index in [1.165, 1.54) is 68.9 Å². The van der Waals surface area contributed by atoms with Crippen molar-refractivity contribution in [1.29, 1.82) is 0 Å². The molecule has 3 fully saturated rings. The Hall–Kier alpha value is -1.35. The Morgan fingerprint density at radius 2 is 1.52 bits per heavy atom. The molecule has 1 aromatic carbocycles. The number of likely N-dealkylation sites (N-methyl/N-ethyl adjacent to an activating group) is 1. The van der Waals surface area contributed by atoms with Gasteiger partial charge >= 0.3 is 0 Å². The molecule has 1 amide bonds. The van der Waals surface area contributed by atoms with Crippen molar-refractivity contribution in [2.24, 2.45) is 11.8 Å². The number of nitrogens with zero attached hydrogens (tertiary/aromatic N) is 2. The van der Waals surface area contributed by atoms with Crippen LogP contribution in [0.1, 0.15) is 81.8 Å². The summed E-state index contributed by atoms with van der Waals surface area (Å²) in [7, 11) is 1.99. The molecule has 5 rings (SSSR count). The van der Waals surface area contributed by atoms with Crippen molar-refractivity contribution in [3.8, 4) is 0 Å². The minimum Gasteiger partial charge on any atom is -0.341 e. The summed E-state index contributed by atoms with van der Waals surface area (Å²) in [5.41, 5.74) is 2.42. The van der Waals surface area contributed by atoms with E-state index in [-0.39, 0.29) is 5.41 Å². The van der Waals surface area contributed by atoms with Crippen LogP contribution < -0.4 is 0 Å². The highest BCUT2D eigenvalue weighted by Gasteiger charge is 2.48. The van der Waals surface area contributed by atoms with Gasteiger partial charge in [0.05, 0.1) is 5.41 Å². The zero-order valence-corrected chi connectivity index (χ0v) is 18.2. The number of benzene rings is 1. The number of hydrogen-bond acceptors (Lipinski definition) is 2. The molecule has 0 bridgehead atoms. The first-order chi connectivity index (χ1) is 14.2. The number of hydrogen-bond donors (Lipinski definition) is 0. The van der Waals surface area contributed by atoms with Crippen LogP contribution in [0.25, 0.3) is 0 Å². The Morgan fingerprint density at radius 1 is 0.862 bits per heavy atom. The predicted molar refractivity (Wildman–Crippen MR) is 118 cm³/mol. The van der Waals surface area contributed by atoms with E-state index < -0.39 is 0 Å². The molecule has 0 radical (unpaired) electrons. The molecule has 3 heteroatoms. The van der Waals surface area contributed by atoms with Crippen molar-refractivity contribution < 1.29 is 4.79 Å². The molecule has 1 spiro atoms. The van der Waals surface area contributed by atoms with Crippen LogP contribution in [0.3, 0.4) is 0 Å². The minimum atomic E-state index is -0.264. The van der Waals surface area contributed by atoms with Crippen molar-refractivity contribution in [2.75, 3.05) is 20.1 Å². The second kappa shape index (κ2) is 8.06. The highest BCUT2D eigenvalue weighted by Crippen LogP contribution is 2.44. The van der Waals surface area contributed by atoms with Gasteiger partial charge in [0.25, 0.3) is 0 Å². The molecule has 2 saturated carbocycles. The van der Waals surface area contributed by atoms with Gasteiger partial charge in [-0.05, 0) is 74.6 Å². The summed E-state index contributed by atoms with van der Waals surface area (Å²) in [6, 6.07) is 9.46. The first-order valence-electron chi connectivity index (χ1n) is 12.3. The molecule has 2 heterocycles. The van der Waals surface area contributed by atoms with E-state index in [0.29, 0.717) is 5.91 Å². The summed E-state index contributed by atoms with van der Waals surface area (Å²) >= 11 is 0. The lowest BCUT2D eigenvalue weighted by Gasteiger charge is -2.49. The fourth-order valence-electron chi connectivity index (χ4n) is 7.23. The summed E-state index contributed by atoms with van der Waals surface area (Å²) < 4.78 is 0. The summed E-state index contributed by atoms with van der Waals surface area (Å²) in [6.07, 6.45) is 15.1. The molecule has 2 aliphatic carbocycles. The molecule has 158 valence electrons. The molecule has 29 heavy (non-hydrogen) atoms. The van der Waals surface area contributed by atoms with Gasteiger partial charge in [0.15, 0.2) is 0 Å².